The molecule has 0 spiro atoms. The van der Waals surface area contributed by atoms with Gasteiger partial charge in [0, 0.05) is 21.7 Å². The van der Waals surface area contributed by atoms with Crippen LogP contribution in [0.2, 0.25) is 5.02 Å². The molecule has 5 heteroatoms. The van der Waals surface area contributed by atoms with Crippen LogP contribution in [0, 0.1) is 0 Å². The summed E-state index contributed by atoms with van der Waals surface area (Å²) in [7, 11) is 0. The molecule has 0 bridgehead atoms. The van der Waals surface area contributed by atoms with Gasteiger partial charge in [0.2, 0.25) is 0 Å². The van der Waals surface area contributed by atoms with Crippen LogP contribution in [-0.4, -0.2) is 9.97 Å². The molecule has 2 aromatic rings. The van der Waals surface area contributed by atoms with Crippen LogP contribution >= 0.6 is 23.4 Å². The fourth-order valence-corrected chi connectivity index (χ4v) is 2.59. The number of aromatic amines is 1. The monoisotopic (exact) mass is 294 g/mol. The molecule has 0 unspecified atom stereocenters. The molecule has 0 amide bonds. The van der Waals surface area contributed by atoms with Gasteiger partial charge in [-0.05, 0) is 30.7 Å². The van der Waals surface area contributed by atoms with Gasteiger partial charge in [-0.3, -0.25) is 4.79 Å². The van der Waals surface area contributed by atoms with Gasteiger partial charge in [-0.2, -0.15) is 0 Å². The zero-order valence-electron chi connectivity index (χ0n) is 10.6. The second-order valence-corrected chi connectivity index (χ2v) is 5.66. The van der Waals surface area contributed by atoms with Gasteiger partial charge >= 0.3 is 0 Å². The third-order valence-electron chi connectivity index (χ3n) is 2.54. The first kappa shape index (κ1) is 14.2. The van der Waals surface area contributed by atoms with E-state index in [9.17, 15) is 4.79 Å². The molecule has 0 fully saturated rings. The lowest BCUT2D eigenvalue weighted by atomic mass is 10.2. The van der Waals surface area contributed by atoms with E-state index in [2.05, 4.69) is 16.9 Å². The first-order chi connectivity index (χ1) is 9.17. The number of thioether (sulfide) groups is 1. The Bertz CT molecular complexity index is 595. The normalized spacial score (nSPS) is 10.6. The molecule has 1 N–H and O–H groups in total. The molecule has 100 valence electrons. The number of nitrogens with one attached hydrogen (secondary N) is 1. The van der Waals surface area contributed by atoms with Gasteiger partial charge < -0.3 is 4.98 Å². The predicted octanol–water partition coefficient (Wildman–Crippen LogP) is 3.67. The number of aryl methyl sites for hydroxylation is 1. The van der Waals surface area contributed by atoms with Crippen molar-refractivity contribution in [2.24, 2.45) is 0 Å². The fourth-order valence-electron chi connectivity index (χ4n) is 1.70. The molecule has 1 aromatic carbocycles. The number of nitrogens with zero attached hydrogens (tertiary/aromatic N) is 1. The van der Waals surface area contributed by atoms with Crippen molar-refractivity contribution in [1.29, 1.82) is 0 Å². The maximum Gasteiger partial charge on any atom is 0.251 e. The van der Waals surface area contributed by atoms with Crippen LogP contribution in [0.5, 0.6) is 0 Å². The van der Waals surface area contributed by atoms with Crippen LogP contribution in [0.3, 0.4) is 0 Å². The molecule has 0 saturated heterocycles. The van der Waals surface area contributed by atoms with Crippen molar-refractivity contribution >= 4 is 23.4 Å². The standard InChI is InChI=1S/C14H15ClN2OS/c1-2-3-11-8-14(18)17-13(16-11)9-19-12-6-4-10(15)5-7-12/h4-8H,2-3,9H2,1H3,(H,16,17,18). The van der Waals surface area contributed by atoms with Crippen LogP contribution < -0.4 is 5.56 Å². The Kier molecular flexibility index (Phi) is 5.05. The summed E-state index contributed by atoms with van der Waals surface area (Å²) in [6.07, 6.45) is 1.82. The van der Waals surface area contributed by atoms with Crippen molar-refractivity contribution in [2.45, 2.75) is 30.4 Å². The Labute approximate surface area is 121 Å². The number of aromatic nitrogens is 2. The minimum Gasteiger partial charge on any atom is -0.310 e. The van der Waals surface area contributed by atoms with Gasteiger partial charge in [-0.15, -0.1) is 11.8 Å². The highest BCUT2D eigenvalue weighted by molar-refractivity contribution is 7.98. The average molecular weight is 295 g/mol. The van der Waals surface area contributed by atoms with E-state index in [4.69, 9.17) is 11.6 Å². The molecule has 2 rings (SSSR count). The second-order valence-electron chi connectivity index (χ2n) is 4.18. The van der Waals surface area contributed by atoms with Gasteiger partial charge in [0.25, 0.3) is 5.56 Å². The molecule has 0 aliphatic rings. The number of rotatable bonds is 5. The van der Waals surface area contributed by atoms with Crippen LogP contribution in [0.25, 0.3) is 0 Å². The number of hydrogen-bond acceptors (Lipinski definition) is 3. The van der Waals surface area contributed by atoms with E-state index in [1.165, 1.54) is 0 Å². The lowest BCUT2D eigenvalue weighted by Crippen LogP contribution is -2.12. The zero-order chi connectivity index (χ0) is 13.7. The SMILES string of the molecule is CCCc1cc(=O)[nH]c(CSc2ccc(Cl)cc2)n1. The van der Waals surface area contributed by atoms with Crippen molar-refractivity contribution in [3.63, 3.8) is 0 Å². The van der Waals surface area contributed by atoms with Crippen molar-refractivity contribution in [3.05, 3.63) is 57.2 Å². The topological polar surface area (TPSA) is 45.8 Å². The first-order valence-corrected chi connectivity index (χ1v) is 7.51. The minimum absolute atomic E-state index is 0.0786. The van der Waals surface area contributed by atoms with Crippen molar-refractivity contribution in [3.8, 4) is 0 Å². The van der Waals surface area contributed by atoms with E-state index in [0.717, 1.165) is 34.3 Å². The van der Waals surface area contributed by atoms with Gasteiger partial charge in [-0.1, -0.05) is 24.9 Å². The maximum atomic E-state index is 11.5. The number of H-pyrrole nitrogens is 1. The van der Waals surface area contributed by atoms with E-state index in [1.54, 1.807) is 17.8 Å². The Morgan fingerprint density at radius 2 is 2.05 bits per heavy atom. The van der Waals surface area contributed by atoms with Crippen molar-refractivity contribution in [2.75, 3.05) is 0 Å². The van der Waals surface area contributed by atoms with Crippen LogP contribution in [0.15, 0.2) is 40.0 Å². The largest absolute Gasteiger partial charge is 0.310 e. The lowest BCUT2D eigenvalue weighted by molar-refractivity contribution is 0.845. The Hall–Kier alpha value is -1.26. The van der Waals surface area contributed by atoms with Crippen LogP contribution in [0.1, 0.15) is 24.9 Å². The zero-order valence-corrected chi connectivity index (χ0v) is 12.2. The van der Waals surface area contributed by atoms with Crippen molar-refractivity contribution < 1.29 is 0 Å². The Balaban J connectivity index is 2.06. The molecule has 19 heavy (non-hydrogen) atoms. The minimum atomic E-state index is -0.0786. The summed E-state index contributed by atoms with van der Waals surface area (Å²) in [6, 6.07) is 9.20. The molecular formula is C14H15ClN2OS. The van der Waals surface area contributed by atoms with Gasteiger partial charge in [-0.25, -0.2) is 4.98 Å². The summed E-state index contributed by atoms with van der Waals surface area (Å²) in [5, 5.41) is 0.723. The molecule has 1 aromatic heterocycles. The third kappa shape index (κ3) is 4.40. The highest BCUT2D eigenvalue weighted by atomic mass is 35.5. The number of benzene rings is 1. The van der Waals surface area contributed by atoms with E-state index in [0.29, 0.717) is 5.75 Å². The Morgan fingerprint density at radius 1 is 1.32 bits per heavy atom. The molecular weight excluding hydrogens is 280 g/mol. The molecule has 3 nitrogen and oxygen atoms in total. The smallest absolute Gasteiger partial charge is 0.251 e. The summed E-state index contributed by atoms with van der Waals surface area (Å²) in [5.74, 6) is 1.37. The summed E-state index contributed by atoms with van der Waals surface area (Å²) in [6.45, 7) is 2.07. The fraction of sp³-hybridized carbons (Fsp3) is 0.286. The maximum absolute atomic E-state index is 11.5. The highest BCUT2D eigenvalue weighted by Crippen LogP contribution is 2.22. The number of halogens is 1. The van der Waals surface area contributed by atoms with Gasteiger partial charge in [0.05, 0.1) is 5.75 Å². The molecule has 0 aliphatic carbocycles. The van der Waals surface area contributed by atoms with Gasteiger partial charge in [0.1, 0.15) is 5.82 Å². The molecule has 0 atom stereocenters. The molecule has 1 heterocycles. The second kappa shape index (κ2) is 6.78. The predicted molar refractivity (Wildman–Crippen MR) is 79.9 cm³/mol. The molecule has 0 radical (unpaired) electrons. The summed E-state index contributed by atoms with van der Waals surface area (Å²) >= 11 is 7.46. The summed E-state index contributed by atoms with van der Waals surface area (Å²) in [5.41, 5.74) is 0.781. The lowest BCUT2D eigenvalue weighted by Gasteiger charge is -2.04. The summed E-state index contributed by atoms with van der Waals surface area (Å²) < 4.78 is 0. The van der Waals surface area contributed by atoms with Crippen LogP contribution in [0.4, 0.5) is 0 Å². The van der Waals surface area contributed by atoms with E-state index in [1.807, 2.05) is 24.3 Å². The average Bonchev–Trinajstić information content (AvgIpc) is 2.38. The molecule has 0 saturated carbocycles. The third-order valence-corrected chi connectivity index (χ3v) is 3.81. The van der Waals surface area contributed by atoms with Gasteiger partial charge in [0.15, 0.2) is 0 Å². The van der Waals surface area contributed by atoms with E-state index in [-0.39, 0.29) is 5.56 Å². The van der Waals surface area contributed by atoms with E-state index >= 15 is 0 Å². The highest BCUT2D eigenvalue weighted by Gasteiger charge is 2.02. The van der Waals surface area contributed by atoms with E-state index < -0.39 is 0 Å². The first-order valence-electron chi connectivity index (χ1n) is 6.15. The van der Waals surface area contributed by atoms with Crippen LogP contribution in [-0.2, 0) is 12.2 Å². The number of hydrogen-bond donors (Lipinski definition) is 1. The van der Waals surface area contributed by atoms with Crippen molar-refractivity contribution in [1.82, 2.24) is 9.97 Å². The molecule has 0 aliphatic heterocycles. The Morgan fingerprint density at radius 3 is 2.74 bits per heavy atom. The quantitative estimate of drug-likeness (QED) is 0.856. The summed E-state index contributed by atoms with van der Waals surface area (Å²) in [4.78, 5) is 19.9.